The van der Waals surface area contributed by atoms with E-state index in [9.17, 15) is 9.59 Å². The number of H-pyrrole nitrogens is 1. The maximum absolute atomic E-state index is 11.1. The summed E-state index contributed by atoms with van der Waals surface area (Å²) in [5, 5.41) is 8.47. The van der Waals surface area contributed by atoms with Crippen LogP contribution in [0.2, 0.25) is 0 Å². The lowest BCUT2D eigenvalue weighted by Gasteiger charge is -1.97. The third-order valence-corrected chi connectivity index (χ3v) is 1.52. The van der Waals surface area contributed by atoms with E-state index in [1.807, 2.05) is 0 Å². The fourth-order valence-electron chi connectivity index (χ4n) is 0.858. The van der Waals surface area contributed by atoms with Crippen LogP contribution >= 0.6 is 0 Å². The van der Waals surface area contributed by atoms with E-state index in [-0.39, 0.29) is 6.61 Å². The van der Waals surface area contributed by atoms with Gasteiger partial charge in [-0.3, -0.25) is 14.3 Å². The van der Waals surface area contributed by atoms with Crippen molar-refractivity contribution in [1.29, 1.82) is 0 Å². The minimum absolute atomic E-state index is 0.148. The van der Waals surface area contributed by atoms with E-state index >= 15 is 0 Å². The van der Waals surface area contributed by atoms with Crippen molar-refractivity contribution in [3.63, 3.8) is 0 Å². The zero-order chi connectivity index (χ0) is 9.84. The van der Waals surface area contributed by atoms with E-state index in [2.05, 4.69) is 4.98 Å². The quantitative estimate of drug-likeness (QED) is 0.635. The number of aromatic nitrogens is 2. The molecule has 0 spiro atoms. The molecule has 2 N–H and O–H groups in total. The minimum Gasteiger partial charge on any atom is -0.392 e. The molecule has 0 bridgehead atoms. The van der Waals surface area contributed by atoms with E-state index in [4.69, 9.17) is 5.11 Å². The van der Waals surface area contributed by atoms with Gasteiger partial charge in [-0.15, -0.1) is 0 Å². The highest BCUT2D eigenvalue weighted by molar-refractivity contribution is 5.22. The molecule has 0 fully saturated rings. The number of aryl methyl sites for hydroxylation is 1. The van der Waals surface area contributed by atoms with Gasteiger partial charge in [0.1, 0.15) is 0 Å². The average molecular weight is 182 g/mol. The number of nitrogens with one attached hydrogen (secondary N) is 1. The van der Waals surface area contributed by atoms with Crippen LogP contribution in [0.25, 0.3) is 6.20 Å². The van der Waals surface area contributed by atoms with Gasteiger partial charge >= 0.3 is 5.69 Å². The molecule has 70 valence electrons. The average Bonchev–Trinajstić information content (AvgIpc) is 2.09. The molecule has 0 atom stereocenters. The van der Waals surface area contributed by atoms with Gasteiger partial charge in [-0.05, 0) is 13.0 Å². The van der Waals surface area contributed by atoms with E-state index in [0.29, 0.717) is 5.56 Å². The van der Waals surface area contributed by atoms with Crippen LogP contribution in [0.4, 0.5) is 0 Å². The van der Waals surface area contributed by atoms with Crippen LogP contribution < -0.4 is 11.2 Å². The smallest absolute Gasteiger partial charge is 0.332 e. The fraction of sp³-hybridized carbons (Fsp3) is 0.250. The Labute approximate surface area is 74.0 Å². The van der Waals surface area contributed by atoms with Crippen molar-refractivity contribution in [1.82, 2.24) is 9.55 Å². The Morgan fingerprint density at radius 3 is 2.92 bits per heavy atom. The molecule has 0 unspecified atom stereocenters. The standard InChI is InChI=1S/C8H10N2O3/c1-6-5-10(3-2-4-11)8(13)9-7(6)12/h2-3,5,11H,4H2,1H3,(H,9,12,13). The van der Waals surface area contributed by atoms with Crippen LogP contribution in [-0.4, -0.2) is 21.3 Å². The summed E-state index contributed by atoms with van der Waals surface area (Å²) in [4.78, 5) is 24.1. The van der Waals surface area contributed by atoms with Crippen LogP contribution in [0.5, 0.6) is 0 Å². The van der Waals surface area contributed by atoms with Gasteiger partial charge in [0.25, 0.3) is 5.56 Å². The van der Waals surface area contributed by atoms with Gasteiger partial charge in [0, 0.05) is 18.0 Å². The highest BCUT2D eigenvalue weighted by Gasteiger charge is 1.96. The fourth-order valence-corrected chi connectivity index (χ4v) is 0.858. The molecule has 0 radical (unpaired) electrons. The summed E-state index contributed by atoms with van der Waals surface area (Å²) >= 11 is 0. The van der Waals surface area contributed by atoms with Crippen molar-refractivity contribution in [3.05, 3.63) is 38.7 Å². The lowest BCUT2D eigenvalue weighted by molar-refractivity contribution is 0.343. The molecule has 5 nitrogen and oxygen atoms in total. The summed E-state index contributed by atoms with van der Waals surface area (Å²) in [6.07, 6.45) is 4.21. The van der Waals surface area contributed by atoms with Gasteiger partial charge in [0.2, 0.25) is 0 Å². The third-order valence-electron chi connectivity index (χ3n) is 1.52. The third kappa shape index (κ3) is 2.16. The van der Waals surface area contributed by atoms with Gasteiger partial charge < -0.3 is 5.11 Å². The van der Waals surface area contributed by atoms with Crippen molar-refractivity contribution in [2.45, 2.75) is 6.92 Å². The molecule has 0 saturated heterocycles. The molecule has 1 rings (SSSR count). The van der Waals surface area contributed by atoms with Crippen LogP contribution in [-0.2, 0) is 0 Å². The van der Waals surface area contributed by atoms with Crippen molar-refractivity contribution in [2.24, 2.45) is 0 Å². The summed E-state index contributed by atoms with van der Waals surface area (Å²) in [6, 6.07) is 0. The first kappa shape index (κ1) is 9.47. The number of aromatic amines is 1. The number of rotatable bonds is 2. The van der Waals surface area contributed by atoms with Crippen molar-refractivity contribution in [2.75, 3.05) is 6.61 Å². The second-order valence-electron chi connectivity index (χ2n) is 2.55. The molecule has 0 aliphatic heterocycles. The Kier molecular flexibility index (Phi) is 2.81. The molecule has 0 aliphatic rings. The number of hydrogen-bond acceptors (Lipinski definition) is 3. The Balaban J connectivity index is 3.24. The Morgan fingerprint density at radius 2 is 2.31 bits per heavy atom. The molecule has 5 heteroatoms. The first-order valence-electron chi connectivity index (χ1n) is 3.74. The first-order valence-corrected chi connectivity index (χ1v) is 3.74. The SMILES string of the molecule is Cc1cn(C=CCO)c(=O)[nH]c1=O. The van der Waals surface area contributed by atoms with Gasteiger partial charge in [0.15, 0.2) is 0 Å². The van der Waals surface area contributed by atoms with E-state index < -0.39 is 11.2 Å². The number of aliphatic hydroxyl groups is 1. The molecule has 0 aliphatic carbocycles. The van der Waals surface area contributed by atoms with Crippen molar-refractivity contribution >= 4 is 6.20 Å². The topological polar surface area (TPSA) is 75.1 Å². The molecule has 1 aromatic heterocycles. The van der Waals surface area contributed by atoms with Gasteiger partial charge in [-0.25, -0.2) is 4.79 Å². The highest BCUT2D eigenvalue weighted by atomic mass is 16.2. The Morgan fingerprint density at radius 1 is 1.62 bits per heavy atom. The van der Waals surface area contributed by atoms with Crippen molar-refractivity contribution in [3.8, 4) is 0 Å². The number of nitrogens with zero attached hydrogens (tertiary/aromatic N) is 1. The molecule has 1 heterocycles. The molecule has 0 aromatic carbocycles. The molecule has 13 heavy (non-hydrogen) atoms. The second-order valence-corrected chi connectivity index (χ2v) is 2.55. The van der Waals surface area contributed by atoms with Gasteiger partial charge in [-0.2, -0.15) is 0 Å². The summed E-state index contributed by atoms with van der Waals surface area (Å²) in [7, 11) is 0. The lowest BCUT2D eigenvalue weighted by Crippen LogP contribution is -2.28. The van der Waals surface area contributed by atoms with E-state index in [0.717, 1.165) is 0 Å². The predicted octanol–water partition coefficient (Wildman–Crippen LogP) is -0.692. The molecular weight excluding hydrogens is 172 g/mol. The molecule has 0 amide bonds. The van der Waals surface area contributed by atoms with Crippen LogP contribution in [0.15, 0.2) is 21.9 Å². The van der Waals surface area contributed by atoms with E-state index in [1.54, 1.807) is 6.92 Å². The van der Waals surface area contributed by atoms with Crippen molar-refractivity contribution < 1.29 is 5.11 Å². The first-order chi connectivity index (χ1) is 6.15. The normalized spacial score (nSPS) is 10.9. The monoisotopic (exact) mass is 182 g/mol. The lowest BCUT2D eigenvalue weighted by atomic mass is 10.4. The van der Waals surface area contributed by atoms with Gasteiger partial charge in [-0.1, -0.05) is 0 Å². The summed E-state index contributed by atoms with van der Waals surface area (Å²) in [6.45, 7) is 1.45. The zero-order valence-electron chi connectivity index (χ0n) is 7.15. The number of aliphatic hydroxyl groups excluding tert-OH is 1. The Hall–Kier alpha value is -1.62. The van der Waals surface area contributed by atoms with Crippen LogP contribution in [0, 0.1) is 6.92 Å². The number of hydrogen-bond donors (Lipinski definition) is 2. The largest absolute Gasteiger partial charge is 0.392 e. The van der Waals surface area contributed by atoms with Gasteiger partial charge in [0.05, 0.1) is 6.61 Å². The molecular formula is C8H10N2O3. The maximum Gasteiger partial charge on any atom is 0.332 e. The second kappa shape index (κ2) is 3.86. The highest BCUT2D eigenvalue weighted by Crippen LogP contribution is 1.84. The van der Waals surface area contributed by atoms with Crippen LogP contribution in [0.3, 0.4) is 0 Å². The minimum atomic E-state index is -0.514. The Bertz CT molecular complexity index is 428. The predicted molar refractivity (Wildman–Crippen MR) is 48.5 cm³/mol. The summed E-state index contributed by atoms with van der Waals surface area (Å²) < 4.78 is 1.20. The zero-order valence-corrected chi connectivity index (χ0v) is 7.15. The van der Waals surface area contributed by atoms with Crippen LogP contribution in [0.1, 0.15) is 5.56 Å². The summed E-state index contributed by atoms with van der Waals surface area (Å²) in [5.74, 6) is 0. The van der Waals surface area contributed by atoms with E-state index in [1.165, 1.54) is 23.0 Å². The summed E-state index contributed by atoms with van der Waals surface area (Å²) in [5.41, 5.74) is -0.457. The molecule has 0 saturated carbocycles. The maximum atomic E-state index is 11.1. The molecule has 1 aromatic rings.